The van der Waals surface area contributed by atoms with Crippen molar-refractivity contribution in [1.82, 2.24) is 0 Å². The summed E-state index contributed by atoms with van der Waals surface area (Å²) >= 11 is 5.76. The third kappa shape index (κ3) is 3.08. The van der Waals surface area contributed by atoms with E-state index in [1.165, 1.54) is 19.1 Å². The van der Waals surface area contributed by atoms with Crippen LogP contribution in [-0.2, 0) is 10.0 Å². The fourth-order valence-corrected chi connectivity index (χ4v) is 3.18. The van der Waals surface area contributed by atoms with Gasteiger partial charge in [-0.05, 0) is 36.8 Å². The summed E-state index contributed by atoms with van der Waals surface area (Å²) in [7, 11) is -4.14. The lowest BCUT2D eigenvalue weighted by Gasteiger charge is -2.12. The van der Waals surface area contributed by atoms with Crippen molar-refractivity contribution in [2.45, 2.75) is 11.8 Å². The smallest absolute Gasteiger partial charge is 0.262 e. The molecule has 2 aromatic rings. The second-order valence-corrected chi connectivity index (χ2v) is 6.44. The molecule has 0 bridgehead atoms. The van der Waals surface area contributed by atoms with Crippen molar-refractivity contribution < 1.29 is 17.2 Å². The summed E-state index contributed by atoms with van der Waals surface area (Å²) < 4.78 is 53.5. The van der Waals surface area contributed by atoms with E-state index >= 15 is 0 Å². The predicted molar refractivity (Wildman–Crippen MR) is 77.8 cm³/mol. The summed E-state index contributed by atoms with van der Waals surface area (Å²) in [5.74, 6) is -1.52. The Hall–Kier alpha value is -1.86. The molecular formula is C13H11ClF2N2O2S. The van der Waals surface area contributed by atoms with Gasteiger partial charge in [0.2, 0.25) is 0 Å². The largest absolute Gasteiger partial charge is 0.396 e. The molecule has 0 atom stereocenters. The Bertz CT molecular complexity index is 767. The maximum Gasteiger partial charge on any atom is 0.262 e. The van der Waals surface area contributed by atoms with Crippen molar-refractivity contribution >= 4 is 33.0 Å². The lowest BCUT2D eigenvalue weighted by molar-refractivity contribution is 0.596. The van der Waals surface area contributed by atoms with Crippen LogP contribution in [0.15, 0.2) is 35.2 Å². The van der Waals surface area contributed by atoms with E-state index in [0.29, 0.717) is 0 Å². The van der Waals surface area contributed by atoms with E-state index in [2.05, 4.69) is 0 Å². The Morgan fingerprint density at radius 1 is 1.24 bits per heavy atom. The first-order valence-electron chi connectivity index (χ1n) is 5.75. The third-order valence-corrected chi connectivity index (χ3v) is 4.41. The number of aryl methyl sites for hydroxylation is 1. The summed E-state index contributed by atoms with van der Waals surface area (Å²) in [6, 6.07) is 5.80. The minimum atomic E-state index is -4.14. The third-order valence-electron chi connectivity index (χ3n) is 2.77. The fourth-order valence-electron chi connectivity index (χ4n) is 1.71. The molecule has 3 N–H and O–H groups in total. The van der Waals surface area contributed by atoms with Crippen LogP contribution in [0.5, 0.6) is 0 Å². The molecule has 0 radical (unpaired) electrons. The van der Waals surface area contributed by atoms with Crippen molar-refractivity contribution in [1.29, 1.82) is 0 Å². The van der Waals surface area contributed by atoms with E-state index in [0.717, 1.165) is 18.2 Å². The zero-order valence-corrected chi connectivity index (χ0v) is 12.4. The van der Waals surface area contributed by atoms with Gasteiger partial charge in [-0.25, -0.2) is 17.2 Å². The maximum absolute atomic E-state index is 13.6. The van der Waals surface area contributed by atoms with Gasteiger partial charge in [-0.1, -0.05) is 17.7 Å². The highest BCUT2D eigenvalue weighted by Crippen LogP contribution is 2.28. The molecule has 0 saturated heterocycles. The number of hydrogen-bond acceptors (Lipinski definition) is 3. The first-order chi connectivity index (χ1) is 9.72. The lowest BCUT2D eigenvalue weighted by Crippen LogP contribution is -2.15. The van der Waals surface area contributed by atoms with Gasteiger partial charge in [-0.15, -0.1) is 0 Å². The van der Waals surface area contributed by atoms with Crippen molar-refractivity contribution in [3.8, 4) is 0 Å². The van der Waals surface area contributed by atoms with Crippen molar-refractivity contribution in [3.63, 3.8) is 0 Å². The molecule has 112 valence electrons. The number of halogens is 3. The van der Waals surface area contributed by atoms with E-state index in [1.54, 1.807) is 0 Å². The zero-order chi connectivity index (χ0) is 15.8. The zero-order valence-electron chi connectivity index (χ0n) is 10.8. The Balaban J connectivity index is 2.49. The van der Waals surface area contributed by atoms with E-state index in [1.807, 2.05) is 4.72 Å². The number of sulfonamides is 1. The molecule has 4 nitrogen and oxygen atoms in total. The molecule has 21 heavy (non-hydrogen) atoms. The highest BCUT2D eigenvalue weighted by atomic mass is 35.5. The summed E-state index contributed by atoms with van der Waals surface area (Å²) in [6.45, 7) is 1.38. The van der Waals surface area contributed by atoms with E-state index in [9.17, 15) is 17.2 Å². The Labute approximate surface area is 125 Å². The molecule has 0 aromatic heterocycles. The van der Waals surface area contributed by atoms with Crippen LogP contribution in [0.1, 0.15) is 5.56 Å². The fraction of sp³-hybridized carbons (Fsp3) is 0.0769. The second kappa shape index (κ2) is 5.50. The molecule has 0 aliphatic rings. The van der Waals surface area contributed by atoms with Crippen LogP contribution >= 0.6 is 11.6 Å². The van der Waals surface area contributed by atoms with Crippen molar-refractivity contribution in [2.24, 2.45) is 0 Å². The standard InChI is InChI=1S/C13H11ClF2N2O2S/c1-7-5-8(6-11(17)12(7)16)21(19,20)18-13-9(14)3-2-4-10(13)15/h2-6,18H,17H2,1H3. The van der Waals surface area contributed by atoms with Crippen LogP contribution in [0, 0.1) is 18.6 Å². The summed E-state index contributed by atoms with van der Waals surface area (Å²) in [6.07, 6.45) is 0. The monoisotopic (exact) mass is 332 g/mol. The molecule has 0 fully saturated rings. The van der Waals surface area contributed by atoms with E-state index in [-0.39, 0.29) is 26.9 Å². The first kappa shape index (κ1) is 15.5. The average molecular weight is 333 g/mol. The maximum atomic E-state index is 13.6. The van der Waals surface area contributed by atoms with Gasteiger partial charge in [0.15, 0.2) is 0 Å². The van der Waals surface area contributed by atoms with Gasteiger partial charge >= 0.3 is 0 Å². The van der Waals surface area contributed by atoms with Crippen molar-refractivity contribution in [3.05, 3.63) is 52.6 Å². The quantitative estimate of drug-likeness (QED) is 0.847. The molecule has 2 aromatic carbocycles. The number of benzene rings is 2. The van der Waals surface area contributed by atoms with Gasteiger partial charge in [-0.3, -0.25) is 4.72 Å². The van der Waals surface area contributed by atoms with Gasteiger partial charge in [0, 0.05) is 0 Å². The normalized spacial score (nSPS) is 11.4. The Morgan fingerprint density at radius 3 is 2.48 bits per heavy atom. The Morgan fingerprint density at radius 2 is 1.90 bits per heavy atom. The molecule has 8 heteroatoms. The van der Waals surface area contributed by atoms with Gasteiger partial charge in [0.05, 0.1) is 15.6 Å². The molecule has 0 amide bonds. The molecule has 0 aliphatic carbocycles. The second-order valence-electron chi connectivity index (χ2n) is 4.35. The van der Waals surface area contributed by atoms with Crippen LogP contribution in [0.3, 0.4) is 0 Å². The van der Waals surface area contributed by atoms with Gasteiger partial charge in [0.25, 0.3) is 10.0 Å². The van der Waals surface area contributed by atoms with Crippen LogP contribution in [0.25, 0.3) is 0 Å². The number of hydrogen-bond donors (Lipinski definition) is 2. The van der Waals surface area contributed by atoms with E-state index in [4.69, 9.17) is 17.3 Å². The van der Waals surface area contributed by atoms with E-state index < -0.39 is 21.7 Å². The number of nitrogens with one attached hydrogen (secondary N) is 1. The predicted octanol–water partition coefficient (Wildman–Crippen LogP) is 3.31. The van der Waals surface area contributed by atoms with Crippen LogP contribution in [0.4, 0.5) is 20.2 Å². The lowest BCUT2D eigenvalue weighted by atomic mass is 10.2. The molecule has 0 saturated carbocycles. The molecule has 0 heterocycles. The first-order valence-corrected chi connectivity index (χ1v) is 7.61. The topological polar surface area (TPSA) is 72.2 Å². The van der Waals surface area contributed by atoms with Gasteiger partial charge < -0.3 is 5.73 Å². The number of nitrogen functional groups attached to an aromatic ring is 1. The minimum absolute atomic E-state index is 0.0648. The number of rotatable bonds is 3. The highest BCUT2D eigenvalue weighted by Gasteiger charge is 2.20. The molecular weight excluding hydrogens is 322 g/mol. The summed E-state index contributed by atoms with van der Waals surface area (Å²) in [5.41, 5.74) is 4.78. The average Bonchev–Trinajstić information content (AvgIpc) is 2.40. The molecule has 0 unspecified atom stereocenters. The summed E-state index contributed by atoms with van der Waals surface area (Å²) in [5, 5.41) is -0.0922. The SMILES string of the molecule is Cc1cc(S(=O)(=O)Nc2c(F)cccc2Cl)cc(N)c1F. The number of anilines is 2. The number of para-hydroxylation sites is 1. The number of nitrogens with two attached hydrogens (primary N) is 1. The van der Waals surface area contributed by atoms with Crippen molar-refractivity contribution in [2.75, 3.05) is 10.5 Å². The molecule has 2 rings (SSSR count). The minimum Gasteiger partial charge on any atom is -0.396 e. The molecule has 0 spiro atoms. The summed E-state index contributed by atoms with van der Waals surface area (Å²) in [4.78, 5) is -0.279. The van der Waals surface area contributed by atoms with Gasteiger partial charge in [-0.2, -0.15) is 0 Å². The highest BCUT2D eigenvalue weighted by molar-refractivity contribution is 7.92. The molecule has 0 aliphatic heterocycles. The Kier molecular flexibility index (Phi) is 4.06. The van der Waals surface area contributed by atoms with Gasteiger partial charge in [0.1, 0.15) is 17.3 Å². The van der Waals surface area contributed by atoms with Crippen LogP contribution in [0.2, 0.25) is 5.02 Å². The van der Waals surface area contributed by atoms with Crippen LogP contribution < -0.4 is 10.5 Å². The van der Waals surface area contributed by atoms with Crippen LogP contribution in [-0.4, -0.2) is 8.42 Å².